The summed E-state index contributed by atoms with van der Waals surface area (Å²) in [6.07, 6.45) is 13.7. The van der Waals surface area contributed by atoms with Gasteiger partial charge in [0.1, 0.15) is 4.91 Å². The molecule has 3 nitrogen and oxygen atoms in total. The summed E-state index contributed by atoms with van der Waals surface area (Å²) in [4.78, 5) is 0.210. The van der Waals surface area contributed by atoms with Gasteiger partial charge >= 0.3 is 29.6 Å². The Labute approximate surface area is 211 Å². The summed E-state index contributed by atoms with van der Waals surface area (Å²) >= 11 is 0. The van der Waals surface area contributed by atoms with Crippen molar-refractivity contribution in [1.82, 2.24) is 0 Å². The van der Waals surface area contributed by atoms with Crippen LogP contribution in [0.3, 0.4) is 0 Å². The van der Waals surface area contributed by atoms with Crippen LogP contribution in [0.4, 0.5) is 0 Å². The van der Waals surface area contributed by atoms with Crippen molar-refractivity contribution in [3.05, 3.63) is 71.8 Å². The van der Waals surface area contributed by atoms with Crippen LogP contribution in [0.15, 0.2) is 60.7 Å². The molecule has 0 spiro atoms. The Morgan fingerprint density at radius 3 is 1.77 bits per heavy atom. The SMILES string of the molecule is CCCCCCCCCCCCOS(=O)(=O)C(=Cc1ccccc1)c1ccccc1.[NaH]. The predicted octanol–water partition coefficient (Wildman–Crippen LogP) is 6.80. The molecule has 0 aromatic heterocycles. The Balaban J connectivity index is 0.00000480. The minimum atomic E-state index is -3.82. The summed E-state index contributed by atoms with van der Waals surface area (Å²) in [5.41, 5.74) is 1.48. The fraction of sp³-hybridized carbons (Fsp3) is 0.462. The molecule has 0 aliphatic rings. The van der Waals surface area contributed by atoms with E-state index >= 15 is 0 Å². The first-order chi connectivity index (χ1) is 14.6. The van der Waals surface area contributed by atoms with Crippen LogP contribution in [0.1, 0.15) is 82.3 Å². The van der Waals surface area contributed by atoms with Gasteiger partial charge in [0.2, 0.25) is 0 Å². The predicted molar refractivity (Wildman–Crippen MR) is 135 cm³/mol. The van der Waals surface area contributed by atoms with E-state index in [9.17, 15) is 8.42 Å². The van der Waals surface area contributed by atoms with Gasteiger partial charge in [-0.15, -0.1) is 0 Å². The first-order valence-electron chi connectivity index (χ1n) is 11.3. The zero-order chi connectivity index (χ0) is 21.5. The summed E-state index contributed by atoms with van der Waals surface area (Å²) in [6.45, 7) is 2.47. The molecule has 0 N–H and O–H groups in total. The molecule has 0 heterocycles. The maximum absolute atomic E-state index is 12.9. The number of unbranched alkanes of at least 4 members (excludes halogenated alkanes) is 9. The van der Waals surface area contributed by atoms with E-state index < -0.39 is 10.1 Å². The van der Waals surface area contributed by atoms with E-state index in [1.165, 1.54) is 44.9 Å². The molecule has 31 heavy (non-hydrogen) atoms. The first-order valence-corrected chi connectivity index (χ1v) is 12.8. The average molecular weight is 453 g/mol. The summed E-state index contributed by atoms with van der Waals surface area (Å²) in [6, 6.07) is 18.6. The zero-order valence-electron chi connectivity index (χ0n) is 18.3. The van der Waals surface area contributed by atoms with Gasteiger partial charge in [-0.2, -0.15) is 8.42 Å². The minimum absolute atomic E-state index is 0. The van der Waals surface area contributed by atoms with E-state index in [4.69, 9.17) is 4.18 Å². The van der Waals surface area contributed by atoms with E-state index in [1.807, 2.05) is 48.5 Å². The summed E-state index contributed by atoms with van der Waals surface area (Å²) in [5.74, 6) is 0. The van der Waals surface area contributed by atoms with Crippen molar-refractivity contribution < 1.29 is 12.6 Å². The Morgan fingerprint density at radius 2 is 1.23 bits per heavy atom. The van der Waals surface area contributed by atoms with Crippen molar-refractivity contribution in [1.29, 1.82) is 0 Å². The van der Waals surface area contributed by atoms with Gasteiger partial charge in [-0.3, -0.25) is 4.18 Å². The van der Waals surface area contributed by atoms with Gasteiger partial charge in [0.15, 0.2) is 0 Å². The number of hydrogen-bond donors (Lipinski definition) is 0. The zero-order valence-corrected chi connectivity index (χ0v) is 19.1. The molecule has 166 valence electrons. The Morgan fingerprint density at radius 1 is 0.742 bits per heavy atom. The van der Waals surface area contributed by atoms with E-state index in [0.29, 0.717) is 5.56 Å². The Hall–Kier alpha value is -0.910. The van der Waals surface area contributed by atoms with Crippen molar-refractivity contribution in [3.63, 3.8) is 0 Å². The van der Waals surface area contributed by atoms with Gasteiger partial charge in [0.25, 0.3) is 10.1 Å². The molecule has 2 aromatic rings. The molecule has 0 saturated carbocycles. The number of hydrogen-bond acceptors (Lipinski definition) is 3. The van der Waals surface area contributed by atoms with Gasteiger partial charge in [-0.05, 0) is 23.6 Å². The van der Waals surface area contributed by atoms with Crippen molar-refractivity contribution in [2.45, 2.75) is 71.1 Å². The molecular formula is C26H37NaO3S. The van der Waals surface area contributed by atoms with Gasteiger partial charge in [-0.25, -0.2) is 0 Å². The van der Waals surface area contributed by atoms with Crippen LogP contribution in [-0.4, -0.2) is 44.6 Å². The third-order valence-electron chi connectivity index (χ3n) is 5.16. The quantitative estimate of drug-likeness (QED) is 0.129. The van der Waals surface area contributed by atoms with E-state index in [1.54, 1.807) is 18.2 Å². The fourth-order valence-corrected chi connectivity index (χ4v) is 4.59. The molecule has 0 amide bonds. The second-order valence-electron chi connectivity index (χ2n) is 7.74. The second kappa shape index (κ2) is 16.7. The molecule has 0 saturated heterocycles. The molecular weight excluding hydrogens is 415 g/mol. The van der Waals surface area contributed by atoms with Crippen molar-refractivity contribution in [2.24, 2.45) is 0 Å². The normalized spacial score (nSPS) is 11.8. The van der Waals surface area contributed by atoms with E-state index in [2.05, 4.69) is 6.92 Å². The van der Waals surface area contributed by atoms with Crippen LogP contribution in [0.5, 0.6) is 0 Å². The molecule has 0 aliphatic heterocycles. The molecule has 0 bridgehead atoms. The van der Waals surface area contributed by atoms with Crippen LogP contribution in [-0.2, 0) is 14.3 Å². The van der Waals surface area contributed by atoms with Gasteiger partial charge in [-0.1, -0.05) is 125 Å². The van der Waals surface area contributed by atoms with Crippen LogP contribution in [0, 0.1) is 0 Å². The molecule has 0 unspecified atom stereocenters. The van der Waals surface area contributed by atoms with Crippen LogP contribution in [0.2, 0.25) is 0 Å². The van der Waals surface area contributed by atoms with Crippen LogP contribution in [0.25, 0.3) is 11.0 Å². The standard InChI is InChI=1S/C26H36O3S.Na.H/c1-2-3-4-5-6-7-8-9-10-17-22-29-30(27,28)26(25-20-15-12-16-21-25)23-24-18-13-11-14-19-24;;/h11-16,18-21,23H,2-10,17,22H2,1H3;;. The summed E-state index contributed by atoms with van der Waals surface area (Å²) < 4.78 is 31.2. The molecule has 0 atom stereocenters. The second-order valence-corrected chi connectivity index (χ2v) is 9.33. The van der Waals surface area contributed by atoms with Gasteiger partial charge in [0, 0.05) is 0 Å². The van der Waals surface area contributed by atoms with Crippen molar-refractivity contribution in [2.75, 3.05) is 6.61 Å². The monoisotopic (exact) mass is 452 g/mol. The Bertz CT molecular complexity index is 833. The number of benzene rings is 2. The van der Waals surface area contributed by atoms with Gasteiger partial charge in [0.05, 0.1) is 6.61 Å². The maximum atomic E-state index is 12.9. The Kier molecular flexibility index (Phi) is 15.1. The number of rotatable bonds is 15. The topological polar surface area (TPSA) is 43.4 Å². The molecule has 0 fully saturated rings. The van der Waals surface area contributed by atoms with Crippen LogP contribution >= 0.6 is 0 Å². The fourth-order valence-electron chi connectivity index (χ4n) is 3.42. The summed E-state index contributed by atoms with van der Waals surface area (Å²) in [7, 11) is -3.82. The molecule has 2 aromatic carbocycles. The van der Waals surface area contributed by atoms with Crippen molar-refractivity contribution >= 4 is 50.7 Å². The molecule has 2 rings (SSSR count). The average Bonchev–Trinajstić information content (AvgIpc) is 2.77. The molecule has 5 heteroatoms. The first kappa shape index (κ1) is 28.1. The van der Waals surface area contributed by atoms with Crippen LogP contribution < -0.4 is 0 Å². The third-order valence-corrected chi connectivity index (χ3v) is 6.53. The van der Waals surface area contributed by atoms with Gasteiger partial charge < -0.3 is 0 Å². The van der Waals surface area contributed by atoms with E-state index in [0.717, 1.165) is 24.8 Å². The van der Waals surface area contributed by atoms with E-state index in [-0.39, 0.29) is 41.1 Å². The molecule has 0 radical (unpaired) electrons. The summed E-state index contributed by atoms with van der Waals surface area (Å²) in [5, 5.41) is 0. The molecule has 0 aliphatic carbocycles. The van der Waals surface area contributed by atoms with Crippen molar-refractivity contribution in [3.8, 4) is 0 Å². The third kappa shape index (κ3) is 11.5.